The van der Waals surface area contributed by atoms with Crippen LogP contribution in [-0.2, 0) is 11.3 Å². The van der Waals surface area contributed by atoms with Gasteiger partial charge in [0, 0.05) is 38.4 Å². The van der Waals surface area contributed by atoms with Crippen molar-refractivity contribution in [1.82, 2.24) is 10.2 Å². The Balaban J connectivity index is 1.81. The molecule has 0 radical (unpaired) electrons. The second-order valence-electron chi connectivity index (χ2n) is 6.24. The predicted molar refractivity (Wildman–Crippen MR) is 99.8 cm³/mol. The van der Waals surface area contributed by atoms with Gasteiger partial charge in [0.25, 0.3) is 5.91 Å². The molecule has 0 saturated carbocycles. The average Bonchev–Trinajstić information content (AvgIpc) is 2.61. The molecule has 0 spiro atoms. The summed E-state index contributed by atoms with van der Waals surface area (Å²) in [4.78, 5) is 16.6. The Bertz CT molecular complexity index is 572. The number of amides is 1. The number of nitrogens with zero attached hydrogens (tertiary/aromatic N) is 2. The zero-order valence-electron chi connectivity index (χ0n) is 14.7. The lowest BCUT2D eigenvalue weighted by atomic mass is 10.1. The van der Waals surface area contributed by atoms with Crippen molar-refractivity contribution in [1.29, 1.82) is 5.41 Å². The van der Waals surface area contributed by atoms with E-state index in [1.807, 2.05) is 18.2 Å². The highest BCUT2D eigenvalue weighted by Gasteiger charge is 2.14. The molecule has 1 heterocycles. The van der Waals surface area contributed by atoms with Gasteiger partial charge >= 0.3 is 0 Å². The van der Waals surface area contributed by atoms with Crippen LogP contribution in [-0.4, -0.2) is 49.7 Å². The summed E-state index contributed by atoms with van der Waals surface area (Å²) in [5.74, 6) is -0.328. The fourth-order valence-corrected chi connectivity index (χ4v) is 2.61. The molecule has 5 heteroatoms. The van der Waals surface area contributed by atoms with Gasteiger partial charge in [0.1, 0.15) is 5.71 Å². The molecule has 2 rings (SSSR count). The minimum absolute atomic E-state index is 0.0116. The third-order valence-electron chi connectivity index (χ3n) is 4.24. The van der Waals surface area contributed by atoms with Gasteiger partial charge in [0.15, 0.2) is 0 Å². The van der Waals surface area contributed by atoms with Gasteiger partial charge in [0.05, 0.1) is 0 Å². The maximum Gasteiger partial charge on any atom is 0.269 e. The van der Waals surface area contributed by atoms with Crippen LogP contribution in [0.15, 0.2) is 36.4 Å². The molecule has 130 valence electrons. The lowest BCUT2D eigenvalue weighted by Gasteiger charge is -2.34. The van der Waals surface area contributed by atoms with Crippen LogP contribution in [0.5, 0.6) is 0 Å². The van der Waals surface area contributed by atoms with Gasteiger partial charge in [-0.2, -0.15) is 0 Å². The van der Waals surface area contributed by atoms with E-state index in [2.05, 4.69) is 41.2 Å². The molecule has 0 bridgehead atoms. The molecule has 0 aliphatic carbocycles. The van der Waals surface area contributed by atoms with Crippen LogP contribution >= 0.6 is 0 Å². The maximum absolute atomic E-state index is 11.9. The Morgan fingerprint density at radius 3 is 2.50 bits per heavy atom. The van der Waals surface area contributed by atoms with Gasteiger partial charge in [-0.25, -0.2) is 0 Å². The van der Waals surface area contributed by atoms with Gasteiger partial charge in [-0.05, 0) is 37.2 Å². The second kappa shape index (κ2) is 9.23. The van der Waals surface area contributed by atoms with Crippen molar-refractivity contribution < 1.29 is 4.79 Å². The van der Waals surface area contributed by atoms with Gasteiger partial charge in [-0.3, -0.25) is 10.2 Å². The molecule has 24 heavy (non-hydrogen) atoms. The quantitative estimate of drug-likeness (QED) is 0.756. The number of hydrogen-bond donors (Lipinski definition) is 2. The van der Waals surface area contributed by atoms with Gasteiger partial charge in [-0.15, -0.1) is 0 Å². The zero-order valence-corrected chi connectivity index (χ0v) is 14.7. The summed E-state index contributed by atoms with van der Waals surface area (Å²) >= 11 is 0. The van der Waals surface area contributed by atoms with Crippen LogP contribution in [0.2, 0.25) is 0 Å². The van der Waals surface area contributed by atoms with E-state index in [0.29, 0.717) is 6.54 Å². The number of hydrogen-bond acceptors (Lipinski definition) is 4. The number of piperazine rings is 1. The first-order valence-corrected chi connectivity index (χ1v) is 8.66. The Kier molecular flexibility index (Phi) is 7.00. The van der Waals surface area contributed by atoms with Gasteiger partial charge in [-0.1, -0.05) is 31.6 Å². The SMILES string of the molecule is CCCC=CC(=N)C(=O)NCc1ccc(N2CCN(C)CC2)cc1. The molecule has 1 aromatic carbocycles. The standard InChI is InChI=1S/C19H28N4O/c1-3-4-5-6-18(20)19(24)21-15-16-7-9-17(10-8-16)23-13-11-22(2)12-14-23/h5-10,20H,3-4,11-15H2,1-2H3,(H,21,24). The lowest BCUT2D eigenvalue weighted by Crippen LogP contribution is -2.44. The van der Waals surface area contributed by atoms with Crippen molar-refractivity contribution in [3.8, 4) is 0 Å². The number of rotatable bonds is 7. The van der Waals surface area contributed by atoms with E-state index in [1.54, 1.807) is 6.08 Å². The van der Waals surface area contributed by atoms with Crippen LogP contribution in [0, 0.1) is 5.41 Å². The van der Waals surface area contributed by atoms with Crippen molar-refractivity contribution in [2.75, 3.05) is 38.1 Å². The molecule has 1 aromatic rings. The molecular weight excluding hydrogens is 300 g/mol. The highest BCUT2D eigenvalue weighted by Crippen LogP contribution is 2.17. The molecule has 0 atom stereocenters. The Morgan fingerprint density at radius 1 is 1.21 bits per heavy atom. The molecule has 5 nitrogen and oxygen atoms in total. The van der Waals surface area contributed by atoms with E-state index in [4.69, 9.17) is 5.41 Å². The zero-order chi connectivity index (χ0) is 17.4. The molecule has 1 saturated heterocycles. The van der Waals surface area contributed by atoms with E-state index in [-0.39, 0.29) is 11.6 Å². The molecule has 0 unspecified atom stereocenters. The van der Waals surface area contributed by atoms with Crippen molar-refractivity contribution in [2.45, 2.75) is 26.3 Å². The third kappa shape index (κ3) is 5.49. The molecule has 1 amide bonds. The lowest BCUT2D eigenvalue weighted by molar-refractivity contribution is -0.114. The Hall–Kier alpha value is -2.14. The van der Waals surface area contributed by atoms with Gasteiger partial charge in [0.2, 0.25) is 0 Å². The molecule has 2 N–H and O–H groups in total. The van der Waals surface area contributed by atoms with Crippen LogP contribution in [0.3, 0.4) is 0 Å². The summed E-state index contributed by atoms with van der Waals surface area (Å²) in [7, 11) is 2.15. The van der Waals surface area contributed by atoms with Crippen LogP contribution in [0.25, 0.3) is 0 Å². The summed E-state index contributed by atoms with van der Waals surface area (Å²) in [5, 5.41) is 10.5. The molecule has 0 aromatic heterocycles. The summed E-state index contributed by atoms with van der Waals surface area (Å²) in [6, 6.07) is 8.31. The number of benzene rings is 1. The molecule has 1 aliphatic rings. The summed E-state index contributed by atoms with van der Waals surface area (Å²) in [6.07, 6.45) is 5.36. The highest BCUT2D eigenvalue weighted by atomic mass is 16.1. The number of likely N-dealkylation sites (N-methyl/N-ethyl adjacent to an activating group) is 1. The van der Waals surface area contributed by atoms with Crippen LogP contribution in [0.1, 0.15) is 25.3 Å². The van der Waals surface area contributed by atoms with E-state index in [0.717, 1.165) is 44.6 Å². The van der Waals surface area contributed by atoms with Crippen molar-refractivity contribution >= 4 is 17.3 Å². The first-order chi connectivity index (χ1) is 11.6. The molecule has 1 aliphatic heterocycles. The number of anilines is 1. The monoisotopic (exact) mass is 328 g/mol. The minimum atomic E-state index is -0.328. The first-order valence-electron chi connectivity index (χ1n) is 8.66. The third-order valence-corrected chi connectivity index (χ3v) is 4.24. The van der Waals surface area contributed by atoms with Crippen molar-refractivity contribution in [3.05, 3.63) is 42.0 Å². The Labute approximate surface area is 144 Å². The molecular formula is C19H28N4O. The smallest absolute Gasteiger partial charge is 0.269 e. The maximum atomic E-state index is 11.9. The predicted octanol–water partition coefficient (Wildman–Crippen LogP) is 2.43. The minimum Gasteiger partial charge on any atom is -0.369 e. The summed E-state index contributed by atoms with van der Waals surface area (Å²) < 4.78 is 0. The van der Waals surface area contributed by atoms with Crippen LogP contribution < -0.4 is 10.2 Å². The summed E-state index contributed by atoms with van der Waals surface area (Å²) in [5.41, 5.74) is 2.29. The number of carbonyl (C=O) groups excluding carboxylic acids is 1. The Morgan fingerprint density at radius 2 is 1.88 bits per heavy atom. The first kappa shape index (κ1) is 18.2. The van der Waals surface area contributed by atoms with Crippen molar-refractivity contribution in [3.63, 3.8) is 0 Å². The number of unbranched alkanes of at least 4 members (excludes halogenated alkanes) is 1. The largest absolute Gasteiger partial charge is 0.369 e. The van der Waals surface area contributed by atoms with Crippen molar-refractivity contribution in [2.24, 2.45) is 0 Å². The van der Waals surface area contributed by atoms with Crippen LogP contribution in [0.4, 0.5) is 5.69 Å². The average molecular weight is 328 g/mol. The van der Waals surface area contributed by atoms with E-state index in [1.165, 1.54) is 5.69 Å². The molecule has 1 fully saturated rings. The second-order valence-corrected chi connectivity index (χ2v) is 6.24. The van der Waals surface area contributed by atoms with E-state index >= 15 is 0 Å². The topological polar surface area (TPSA) is 59.4 Å². The van der Waals surface area contributed by atoms with E-state index < -0.39 is 0 Å². The number of carbonyl (C=O) groups is 1. The normalized spacial score (nSPS) is 15.7. The van der Waals surface area contributed by atoms with Gasteiger partial charge < -0.3 is 15.1 Å². The fraction of sp³-hybridized carbons (Fsp3) is 0.474. The fourth-order valence-electron chi connectivity index (χ4n) is 2.61. The highest BCUT2D eigenvalue weighted by molar-refractivity contribution is 6.41. The van der Waals surface area contributed by atoms with E-state index in [9.17, 15) is 4.79 Å². The summed E-state index contributed by atoms with van der Waals surface area (Å²) in [6.45, 7) is 6.80. The number of allylic oxidation sites excluding steroid dienone is 1. The number of nitrogens with one attached hydrogen (secondary N) is 2.